The predicted octanol–water partition coefficient (Wildman–Crippen LogP) is 5.62. The topological polar surface area (TPSA) is 71.3 Å². The third-order valence-corrected chi connectivity index (χ3v) is 5.11. The monoisotopic (exact) mass is 416 g/mol. The van der Waals surface area contributed by atoms with Gasteiger partial charge in [-0.15, -0.1) is 0 Å². The van der Waals surface area contributed by atoms with Crippen molar-refractivity contribution in [1.29, 1.82) is 0 Å². The fourth-order valence-electron chi connectivity index (χ4n) is 3.31. The summed E-state index contributed by atoms with van der Waals surface area (Å²) in [5, 5.41) is 6.25. The molecule has 4 rings (SSSR count). The molecule has 1 aromatic heterocycles. The summed E-state index contributed by atoms with van der Waals surface area (Å²) in [4.78, 5) is 25.6. The minimum atomic E-state index is -0.462. The first-order chi connectivity index (χ1) is 14.9. The van der Waals surface area contributed by atoms with Crippen LogP contribution in [0.25, 0.3) is 11.0 Å². The maximum absolute atomic E-state index is 13.1. The van der Waals surface area contributed by atoms with Gasteiger partial charge >= 0.3 is 0 Å². The van der Waals surface area contributed by atoms with Gasteiger partial charge in [-0.05, 0) is 66.9 Å². The highest BCUT2D eigenvalue weighted by Gasteiger charge is 2.22. The molecule has 2 amide bonds. The first-order valence-electron chi connectivity index (χ1n) is 9.85. The largest absolute Gasteiger partial charge is 0.449 e. The molecule has 3 aromatic carbocycles. The minimum absolute atomic E-state index is 0.0203. The summed E-state index contributed by atoms with van der Waals surface area (Å²) in [6, 6.07) is 18.4. The van der Waals surface area contributed by atoms with Gasteiger partial charge in [0.2, 0.25) is 11.7 Å². The molecule has 5 nitrogen and oxygen atoms in total. The average molecular weight is 416 g/mol. The quantitative estimate of drug-likeness (QED) is 0.443. The summed E-state index contributed by atoms with van der Waals surface area (Å²) in [5.41, 5.74) is 4.27. The maximum Gasteiger partial charge on any atom is 0.293 e. The van der Waals surface area contributed by atoms with Crippen LogP contribution in [0.2, 0.25) is 0 Å². The molecule has 0 aliphatic rings. The van der Waals surface area contributed by atoms with Gasteiger partial charge in [0.25, 0.3) is 5.91 Å². The zero-order valence-corrected chi connectivity index (χ0v) is 17.2. The molecule has 0 aliphatic heterocycles. The van der Waals surface area contributed by atoms with Crippen molar-refractivity contribution in [3.8, 4) is 0 Å². The van der Waals surface area contributed by atoms with Crippen LogP contribution >= 0.6 is 0 Å². The van der Waals surface area contributed by atoms with Crippen molar-refractivity contribution < 1.29 is 18.4 Å². The molecule has 4 aromatic rings. The number of rotatable bonds is 5. The summed E-state index contributed by atoms with van der Waals surface area (Å²) in [6.07, 6.45) is 0.0397. The molecule has 0 bridgehead atoms. The minimum Gasteiger partial charge on any atom is -0.449 e. The van der Waals surface area contributed by atoms with E-state index < -0.39 is 5.91 Å². The van der Waals surface area contributed by atoms with Gasteiger partial charge in [-0.1, -0.05) is 30.3 Å². The molecule has 1 heterocycles. The molecule has 0 unspecified atom stereocenters. The van der Waals surface area contributed by atoms with Crippen molar-refractivity contribution in [1.82, 2.24) is 0 Å². The van der Waals surface area contributed by atoms with E-state index in [1.54, 1.807) is 36.4 Å². The number of halogens is 1. The Morgan fingerprint density at radius 2 is 1.65 bits per heavy atom. The molecule has 6 heteroatoms. The van der Waals surface area contributed by atoms with Crippen LogP contribution in [0.3, 0.4) is 0 Å². The second-order valence-corrected chi connectivity index (χ2v) is 7.41. The highest BCUT2D eigenvalue weighted by Crippen LogP contribution is 2.32. The Morgan fingerprint density at radius 3 is 2.39 bits per heavy atom. The van der Waals surface area contributed by atoms with Gasteiger partial charge in [-0.2, -0.15) is 0 Å². The zero-order chi connectivity index (χ0) is 22.0. The number of hydrogen-bond acceptors (Lipinski definition) is 3. The molecule has 0 aliphatic carbocycles. The Morgan fingerprint density at radius 1 is 0.903 bits per heavy atom. The number of nitrogens with one attached hydrogen (secondary N) is 2. The van der Waals surface area contributed by atoms with E-state index in [4.69, 9.17) is 4.42 Å². The van der Waals surface area contributed by atoms with Crippen LogP contribution in [0.15, 0.2) is 71.1 Å². The molecule has 0 spiro atoms. The molecular formula is C25H21FN2O3. The Hall–Kier alpha value is -3.93. The Balaban J connectivity index is 1.62. The molecule has 0 saturated carbocycles. The second-order valence-electron chi connectivity index (χ2n) is 7.41. The van der Waals surface area contributed by atoms with Crippen molar-refractivity contribution in [2.75, 3.05) is 10.6 Å². The zero-order valence-electron chi connectivity index (χ0n) is 17.2. The number of furan rings is 1. The fourth-order valence-corrected chi connectivity index (χ4v) is 3.31. The van der Waals surface area contributed by atoms with E-state index in [2.05, 4.69) is 10.6 Å². The number of anilines is 2. The lowest BCUT2D eigenvalue weighted by Gasteiger charge is -2.09. The van der Waals surface area contributed by atoms with Gasteiger partial charge < -0.3 is 15.1 Å². The van der Waals surface area contributed by atoms with Crippen LogP contribution < -0.4 is 10.6 Å². The summed E-state index contributed by atoms with van der Waals surface area (Å²) >= 11 is 0. The number of hydrogen-bond donors (Lipinski definition) is 2. The van der Waals surface area contributed by atoms with E-state index in [0.29, 0.717) is 27.9 Å². The predicted molar refractivity (Wildman–Crippen MR) is 119 cm³/mol. The number of carbonyl (C=O) groups excluding carboxylic acids is 2. The van der Waals surface area contributed by atoms with Crippen molar-refractivity contribution >= 4 is 34.2 Å². The smallest absolute Gasteiger partial charge is 0.293 e. The number of carbonyl (C=O) groups is 2. The molecule has 0 fully saturated rings. The molecule has 0 atom stereocenters. The standard InChI is InChI=1S/C25H21FN2O3/c1-15-7-12-19(13-16(15)2)27-25(30)24-23(20-5-3-4-6-21(20)31-24)28-22(29)14-17-8-10-18(26)11-9-17/h3-13H,14H2,1-2H3,(H,27,30)(H,28,29). The first kappa shape index (κ1) is 20.3. The van der Waals surface area contributed by atoms with Crippen LogP contribution in [-0.2, 0) is 11.2 Å². The molecule has 31 heavy (non-hydrogen) atoms. The fraction of sp³-hybridized carbons (Fsp3) is 0.120. The Kier molecular flexibility index (Phi) is 5.54. The SMILES string of the molecule is Cc1ccc(NC(=O)c2oc3ccccc3c2NC(=O)Cc2ccc(F)cc2)cc1C. The van der Waals surface area contributed by atoms with Gasteiger partial charge in [-0.25, -0.2) is 4.39 Å². The summed E-state index contributed by atoms with van der Waals surface area (Å²) in [5.74, 6) is -1.14. The third-order valence-electron chi connectivity index (χ3n) is 5.11. The lowest BCUT2D eigenvalue weighted by atomic mass is 10.1. The van der Waals surface area contributed by atoms with E-state index >= 15 is 0 Å². The van der Waals surface area contributed by atoms with E-state index in [1.807, 2.05) is 32.0 Å². The number of amides is 2. The van der Waals surface area contributed by atoms with Gasteiger partial charge in [-0.3, -0.25) is 9.59 Å². The molecule has 156 valence electrons. The number of benzene rings is 3. The van der Waals surface area contributed by atoms with Crippen molar-refractivity contribution in [3.05, 3.63) is 95.0 Å². The van der Waals surface area contributed by atoms with E-state index in [-0.39, 0.29) is 23.9 Å². The number of aryl methyl sites for hydroxylation is 2. The van der Waals surface area contributed by atoms with Crippen molar-refractivity contribution in [2.24, 2.45) is 0 Å². The van der Waals surface area contributed by atoms with Crippen LogP contribution in [0, 0.1) is 19.7 Å². The lowest BCUT2D eigenvalue weighted by molar-refractivity contribution is -0.115. The third kappa shape index (κ3) is 4.48. The van der Waals surface area contributed by atoms with Crippen LogP contribution in [0.5, 0.6) is 0 Å². The number of para-hydroxylation sites is 1. The van der Waals surface area contributed by atoms with E-state index in [1.165, 1.54) is 12.1 Å². The molecule has 2 N–H and O–H groups in total. The van der Waals surface area contributed by atoms with Gasteiger partial charge in [0.1, 0.15) is 17.1 Å². The van der Waals surface area contributed by atoms with Crippen molar-refractivity contribution in [2.45, 2.75) is 20.3 Å². The Labute approximate surface area is 178 Å². The van der Waals surface area contributed by atoms with Gasteiger partial charge in [0, 0.05) is 11.1 Å². The van der Waals surface area contributed by atoms with Gasteiger partial charge in [0.15, 0.2) is 0 Å². The van der Waals surface area contributed by atoms with E-state index in [0.717, 1.165) is 11.1 Å². The van der Waals surface area contributed by atoms with E-state index in [9.17, 15) is 14.0 Å². The Bertz CT molecular complexity index is 1280. The maximum atomic E-state index is 13.1. The molecular weight excluding hydrogens is 395 g/mol. The van der Waals surface area contributed by atoms with Crippen LogP contribution in [0.1, 0.15) is 27.2 Å². The van der Waals surface area contributed by atoms with Gasteiger partial charge in [0.05, 0.1) is 6.42 Å². The van der Waals surface area contributed by atoms with Crippen LogP contribution in [0.4, 0.5) is 15.8 Å². The molecule has 0 radical (unpaired) electrons. The molecule has 0 saturated heterocycles. The summed E-state index contributed by atoms with van der Waals surface area (Å²) in [6.45, 7) is 3.96. The second kappa shape index (κ2) is 8.44. The highest BCUT2D eigenvalue weighted by atomic mass is 19.1. The first-order valence-corrected chi connectivity index (χ1v) is 9.85. The number of fused-ring (bicyclic) bond motifs is 1. The lowest BCUT2D eigenvalue weighted by Crippen LogP contribution is -2.18. The normalized spacial score (nSPS) is 10.8. The van der Waals surface area contributed by atoms with Crippen LogP contribution in [-0.4, -0.2) is 11.8 Å². The average Bonchev–Trinajstić information content (AvgIpc) is 3.11. The summed E-state index contributed by atoms with van der Waals surface area (Å²) < 4.78 is 18.9. The van der Waals surface area contributed by atoms with Crippen molar-refractivity contribution in [3.63, 3.8) is 0 Å². The highest BCUT2D eigenvalue weighted by molar-refractivity contribution is 6.14. The summed E-state index contributed by atoms with van der Waals surface area (Å²) in [7, 11) is 0.